The Morgan fingerprint density at radius 2 is 1.32 bits per heavy atom. The van der Waals surface area contributed by atoms with Gasteiger partial charge in [0.05, 0.1) is 22.1 Å². The van der Waals surface area contributed by atoms with E-state index in [1.165, 1.54) is 49.4 Å². The molecule has 1 aliphatic carbocycles. The number of hydrogen-bond donors (Lipinski definition) is 0. The van der Waals surface area contributed by atoms with Crippen molar-refractivity contribution in [3.05, 3.63) is 133 Å². The summed E-state index contributed by atoms with van der Waals surface area (Å²) >= 11 is 0. The van der Waals surface area contributed by atoms with Crippen molar-refractivity contribution in [3.8, 4) is 16.8 Å². The van der Waals surface area contributed by atoms with Crippen LogP contribution in [0.2, 0.25) is 0 Å². The average molecular weight is 523 g/mol. The van der Waals surface area contributed by atoms with Crippen molar-refractivity contribution in [3.63, 3.8) is 0 Å². The summed E-state index contributed by atoms with van der Waals surface area (Å²) in [6.07, 6.45) is 2.85. The maximum Gasteiger partial charge on any atom is 0.147 e. The van der Waals surface area contributed by atoms with Crippen molar-refractivity contribution in [1.29, 1.82) is 0 Å². The first-order chi connectivity index (χ1) is 20.3. The second-order valence-corrected chi connectivity index (χ2v) is 11.1. The van der Waals surface area contributed by atoms with Gasteiger partial charge in [-0.25, -0.2) is 9.97 Å². The monoisotopic (exact) mass is 522 g/mol. The molecule has 4 aromatic heterocycles. The highest BCUT2D eigenvalue weighted by atomic mass is 15.1. The second-order valence-electron chi connectivity index (χ2n) is 11.1. The zero-order valence-corrected chi connectivity index (χ0v) is 22.0. The zero-order valence-electron chi connectivity index (χ0n) is 22.0. The molecule has 0 spiro atoms. The van der Waals surface area contributed by atoms with Gasteiger partial charge in [-0.3, -0.25) is 4.40 Å². The largest absolute Gasteiger partial charge is 0.309 e. The average Bonchev–Trinajstić information content (AvgIpc) is 3.69. The van der Waals surface area contributed by atoms with Crippen LogP contribution in [0.4, 0.5) is 0 Å². The molecule has 0 saturated heterocycles. The lowest BCUT2D eigenvalue weighted by Gasteiger charge is -2.11. The molecule has 4 heterocycles. The molecule has 0 aliphatic heterocycles. The molecule has 10 rings (SSSR count). The van der Waals surface area contributed by atoms with Crippen molar-refractivity contribution in [2.75, 3.05) is 0 Å². The van der Waals surface area contributed by atoms with Crippen molar-refractivity contribution in [1.82, 2.24) is 18.9 Å². The summed E-state index contributed by atoms with van der Waals surface area (Å²) in [5.41, 5.74) is 13.0. The molecule has 0 saturated carbocycles. The number of hydrogen-bond acceptors (Lipinski definition) is 2. The fraction of sp³-hybridized carbons (Fsp3) is 0.0270. The number of nitrogens with zero attached hydrogens (tertiary/aromatic N) is 4. The highest BCUT2D eigenvalue weighted by Gasteiger charge is 2.23. The molecule has 1 aliphatic rings. The molecule has 0 unspecified atom stereocenters. The van der Waals surface area contributed by atoms with Gasteiger partial charge in [0, 0.05) is 33.4 Å². The number of aromatic nitrogens is 4. The van der Waals surface area contributed by atoms with Gasteiger partial charge in [0.15, 0.2) is 0 Å². The van der Waals surface area contributed by atoms with Crippen LogP contribution >= 0.6 is 0 Å². The molecule has 0 radical (unpaired) electrons. The summed E-state index contributed by atoms with van der Waals surface area (Å²) in [5, 5.41) is 5.96. The van der Waals surface area contributed by atoms with Crippen LogP contribution in [0.25, 0.3) is 77.1 Å². The third-order valence-electron chi connectivity index (χ3n) is 8.92. The SMILES string of the molecule is c1ccc(-n2c3cc4c(cc3c3cc5c(cc32)c2cccnc2n2c3ccccc3nc52)Cc2ccccc2-4)cc1. The number of para-hydroxylation sites is 3. The first kappa shape index (κ1) is 21.4. The quantitative estimate of drug-likeness (QED) is 0.202. The molecule has 9 aromatic rings. The van der Waals surface area contributed by atoms with Crippen LogP contribution in [0.5, 0.6) is 0 Å². The summed E-state index contributed by atoms with van der Waals surface area (Å²) in [5.74, 6) is 0. The summed E-state index contributed by atoms with van der Waals surface area (Å²) in [7, 11) is 0. The molecule has 41 heavy (non-hydrogen) atoms. The van der Waals surface area contributed by atoms with Crippen LogP contribution in [-0.2, 0) is 6.42 Å². The fourth-order valence-corrected chi connectivity index (χ4v) is 7.16. The molecule has 190 valence electrons. The summed E-state index contributed by atoms with van der Waals surface area (Å²) in [4.78, 5) is 10.0. The molecule has 0 atom stereocenters. The lowest BCUT2D eigenvalue weighted by molar-refractivity contribution is 1.18. The Hall–Kier alpha value is -5.48. The van der Waals surface area contributed by atoms with Crippen LogP contribution in [0, 0.1) is 0 Å². The molecular formula is C37H22N4. The van der Waals surface area contributed by atoms with Crippen molar-refractivity contribution in [2.24, 2.45) is 0 Å². The van der Waals surface area contributed by atoms with E-state index in [4.69, 9.17) is 9.97 Å². The summed E-state index contributed by atoms with van der Waals surface area (Å²) in [6.45, 7) is 0. The fourth-order valence-electron chi connectivity index (χ4n) is 7.16. The van der Waals surface area contributed by atoms with Gasteiger partial charge in [0.1, 0.15) is 11.3 Å². The Morgan fingerprint density at radius 3 is 2.27 bits per heavy atom. The van der Waals surface area contributed by atoms with E-state index in [0.29, 0.717) is 0 Å². The molecule has 0 bridgehead atoms. The minimum Gasteiger partial charge on any atom is -0.309 e. The molecule has 0 amide bonds. The van der Waals surface area contributed by atoms with E-state index in [0.717, 1.165) is 45.2 Å². The van der Waals surface area contributed by atoms with E-state index in [-0.39, 0.29) is 0 Å². The molecular weight excluding hydrogens is 500 g/mol. The Labute approximate surface area is 234 Å². The Morgan fingerprint density at radius 1 is 0.512 bits per heavy atom. The van der Waals surface area contributed by atoms with Gasteiger partial charge < -0.3 is 4.57 Å². The van der Waals surface area contributed by atoms with Crippen LogP contribution in [-0.4, -0.2) is 18.9 Å². The summed E-state index contributed by atoms with van der Waals surface area (Å²) in [6, 6.07) is 41.7. The van der Waals surface area contributed by atoms with E-state index in [9.17, 15) is 0 Å². The number of pyridine rings is 2. The van der Waals surface area contributed by atoms with E-state index in [1.54, 1.807) is 0 Å². The lowest BCUT2D eigenvalue weighted by atomic mass is 10.0. The van der Waals surface area contributed by atoms with Gasteiger partial charge in [0.2, 0.25) is 0 Å². The summed E-state index contributed by atoms with van der Waals surface area (Å²) < 4.78 is 4.66. The van der Waals surface area contributed by atoms with Crippen molar-refractivity contribution < 1.29 is 0 Å². The van der Waals surface area contributed by atoms with Crippen LogP contribution in [0.1, 0.15) is 11.1 Å². The van der Waals surface area contributed by atoms with E-state index in [2.05, 4.69) is 118 Å². The molecule has 4 nitrogen and oxygen atoms in total. The number of benzene rings is 5. The number of rotatable bonds is 1. The first-order valence-corrected chi connectivity index (χ1v) is 14.1. The van der Waals surface area contributed by atoms with E-state index >= 15 is 0 Å². The van der Waals surface area contributed by atoms with Crippen molar-refractivity contribution in [2.45, 2.75) is 6.42 Å². The van der Waals surface area contributed by atoms with Crippen LogP contribution in [0.3, 0.4) is 0 Å². The third-order valence-corrected chi connectivity index (χ3v) is 8.92. The molecule has 4 heteroatoms. The Balaban J connectivity index is 1.43. The highest BCUT2D eigenvalue weighted by Crippen LogP contribution is 2.44. The predicted molar refractivity (Wildman–Crippen MR) is 168 cm³/mol. The minimum absolute atomic E-state index is 0.931. The smallest absolute Gasteiger partial charge is 0.147 e. The first-order valence-electron chi connectivity index (χ1n) is 14.1. The maximum absolute atomic E-state index is 5.15. The standard InChI is InChI=1S/C37H22N4/c1-2-10-24(11-3-1)40-34-20-27-23(17-22-9-4-5-12-25(22)27)18-29(34)30-19-31-28(21-35(30)40)26-13-8-16-38-36(26)41-33-15-7-6-14-32(33)39-37(31)41/h1-16,18-21H,17H2. The third kappa shape index (κ3) is 2.74. The van der Waals surface area contributed by atoms with Gasteiger partial charge in [-0.15, -0.1) is 0 Å². The van der Waals surface area contributed by atoms with E-state index < -0.39 is 0 Å². The predicted octanol–water partition coefficient (Wildman–Crippen LogP) is 8.86. The number of imidazole rings is 1. The molecule has 0 N–H and O–H groups in total. The minimum atomic E-state index is 0.931. The topological polar surface area (TPSA) is 35.1 Å². The van der Waals surface area contributed by atoms with Crippen LogP contribution in [0.15, 0.2) is 121 Å². The van der Waals surface area contributed by atoms with Gasteiger partial charge in [-0.05, 0) is 94.7 Å². The molecule has 0 fully saturated rings. The van der Waals surface area contributed by atoms with E-state index in [1.807, 2.05) is 12.3 Å². The maximum atomic E-state index is 5.15. The Kier molecular flexibility index (Phi) is 3.95. The van der Waals surface area contributed by atoms with Gasteiger partial charge in [-0.2, -0.15) is 0 Å². The number of fused-ring (bicyclic) bond motifs is 14. The van der Waals surface area contributed by atoms with Gasteiger partial charge in [-0.1, -0.05) is 54.6 Å². The Bertz CT molecular complexity index is 2550. The van der Waals surface area contributed by atoms with Gasteiger partial charge in [0.25, 0.3) is 0 Å². The lowest BCUT2D eigenvalue weighted by Crippen LogP contribution is -1.96. The zero-order chi connectivity index (χ0) is 26.7. The molecule has 5 aromatic carbocycles. The van der Waals surface area contributed by atoms with Gasteiger partial charge >= 0.3 is 0 Å². The normalized spacial score (nSPS) is 12.8. The van der Waals surface area contributed by atoms with Crippen molar-refractivity contribution >= 4 is 60.3 Å². The highest BCUT2D eigenvalue weighted by molar-refractivity contribution is 6.21. The second kappa shape index (κ2) is 7.58. The van der Waals surface area contributed by atoms with Crippen LogP contribution < -0.4 is 0 Å².